The van der Waals surface area contributed by atoms with Gasteiger partial charge in [-0.1, -0.05) is 126 Å². The second kappa shape index (κ2) is 43.5. The van der Waals surface area contributed by atoms with Gasteiger partial charge in [-0.25, -0.2) is 58.6 Å². The van der Waals surface area contributed by atoms with E-state index >= 15 is 0 Å². The van der Waals surface area contributed by atoms with Crippen LogP contribution in [0, 0.1) is 18.6 Å². The third-order valence-corrected chi connectivity index (χ3v) is 29.7. The van der Waals surface area contributed by atoms with E-state index in [2.05, 4.69) is 193 Å². The van der Waals surface area contributed by atoms with Crippen molar-refractivity contribution in [2.45, 2.75) is 6.92 Å². The number of para-hydroxylation sites is 8. The maximum atomic E-state index is 14.8. The number of anilines is 10. The van der Waals surface area contributed by atoms with Crippen molar-refractivity contribution in [1.29, 1.82) is 0 Å². The van der Waals surface area contributed by atoms with Gasteiger partial charge in [0.2, 0.25) is 0 Å². The largest absolute Gasteiger partial charge is 0.492 e. The summed E-state index contributed by atoms with van der Waals surface area (Å²) in [6.45, 7) is 11.6. The smallest absolute Gasteiger partial charge is 0.157 e. The molecule has 0 saturated carbocycles. The van der Waals surface area contributed by atoms with Gasteiger partial charge in [0.05, 0.1) is 86.8 Å². The number of nitrogens with zero attached hydrogens (tertiary/aromatic N) is 17. The number of ether oxygens (including phenoxy) is 4. The minimum atomic E-state index is -0.376. The van der Waals surface area contributed by atoms with Crippen molar-refractivity contribution in [3.63, 3.8) is 0 Å². The average molecular weight is 2090 g/mol. The molecule has 27 rings (SSSR count). The van der Waals surface area contributed by atoms with Crippen molar-refractivity contribution < 1.29 is 27.7 Å². The molecule has 148 heavy (non-hydrogen) atoms. The molecule has 0 unspecified atom stereocenters. The highest BCUT2D eigenvalue weighted by Gasteiger charge is 2.25. The molecule has 0 spiro atoms. The number of aromatic nitrogens is 20. The minimum Gasteiger partial charge on any atom is -0.492 e. The second-order valence-electron chi connectivity index (χ2n) is 34.3. The number of H-pyrrole nitrogens is 5. The van der Waals surface area contributed by atoms with Crippen LogP contribution in [0.1, 0.15) is 5.56 Å². The van der Waals surface area contributed by atoms with Gasteiger partial charge in [-0.05, 0) is 124 Å². The lowest BCUT2D eigenvalue weighted by Crippen LogP contribution is -2.38. The Bertz CT molecular complexity index is 8330. The number of morpholine rings is 2. The Kier molecular flexibility index (Phi) is 28.0. The molecule has 17 heterocycles. The van der Waals surface area contributed by atoms with E-state index < -0.39 is 0 Å². The van der Waals surface area contributed by atoms with E-state index in [1.807, 2.05) is 138 Å². The SMILES string of the molecule is Cc1ccccc1Nc1nc2c(-c3ncn[nH]3)cccc2c2cscc12.Clc1ccc(OCCN2CCOCC2)cc1Nc1nc2c(-c3ncn[nH]3)cccc2c2cscc12.Clc1ccccc1Nc1nc2c(-c3ncn[nH]3)cccc2c2cscc12.Fc1ccc(OCCN2CCOCC2)cc1Nc1nc2c(-c3ncn[nH]3)cccc2c2cscc12.Fc1ccccc1Nc1nc2c(-c3ncn[nH]3)cccc2c2cscc12. The highest BCUT2D eigenvalue weighted by Crippen LogP contribution is 2.46. The Labute approximate surface area is 871 Å². The fourth-order valence-electron chi connectivity index (χ4n) is 17.9. The number of fused-ring (bicyclic) bond motifs is 15. The molecule has 2 fully saturated rings. The summed E-state index contributed by atoms with van der Waals surface area (Å²) >= 11 is 21.0. The van der Waals surface area contributed by atoms with Crippen LogP contribution in [0.3, 0.4) is 0 Å². The van der Waals surface area contributed by atoms with Crippen molar-refractivity contribution in [3.8, 4) is 68.4 Å². The third-order valence-electron chi connectivity index (χ3n) is 25.3. The molecule has 10 aromatic carbocycles. The molecule has 40 heteroatoms. The Balaban J connectivity index is 0.000000102. The van der Waals surface area contributed by atoms with Gasteiger partial charge in [-0.2, -0.15) is 82.2 Å². The molecule has 2 aliphatic heterocycles. The average Bonchev–Trinajstić information content (AvgIpc) is 1.52. The van der Waals surface area contributed by atoms with Crippen LogP contribution in [0.15, 0.2) is 286 Å². The van der Waals surface area contributed by atoms with Crippen LogP contribution in [0.5, 0.6) is 11.5 Å². The summed E-state index contributed by atoms with van der Waals surface area (Å²) in [5.74, 6) is 7.59. The highest BCUT2D eigenvalue weighted by atomic mass is 35.5. The zero-order valence-electron chi connectivity index (χ0n) is 78.5. The Hall–Kier alpha value is -16.4. The number of hydrogen-bond donors (Lipinski definition) is 10. The zero-order chi connectivity index (χ0) is 99.8. The Morgan fingerprint density at radius 3 is 0.946 bits per heavy atom. The van der Waals surface area contributed by atoms with Gasteiger partial charge in [-0.15, -0.1) is 0 Å². The fraction of sp³-hybridized carbons (Fsp3) is 0.120. The summed E-state index contributed by atoms with van der Waals surface area (Å²) < 4.78 is 51.7. The zero-order valence-corrected chi connectivity index (χ0v) is 84.1. The van der Waals surface area contributed by atoms with Gasteiger partial charge in [0, 0.05) is 193 Å². The molecule has 0 atom stereocenters. The van der Waals surface area contributed by atoms with Crippen LogP contribution >= 0.6 is 79.9 Å². The van der Waals surface area contributed by atoms with E-state index in [0.29, 0.717) is 75.3 Å². The van der Waals surface area contributed by atoms with Gasteiger partial charge in [0.1, 0.15) is 97.1 Å². The van der Waals surface area contributed by atoms with Crippen LogP contribution < -0.4 is 36.1 Å². The van der Waals surface area contributed by atoms with E-state index in [4.69, 9.17) is 67.1 Å². The number of nitrogens with one attached hydrogen (secondary N) is 10. The molecule has 2 aliphatic rings. The third kappa shape index (κ3) is 20.2. The van der Waals surface area contributed by atoms with Crippen molar-refractivity contribution in [2.75, 3.05) is 105 Å². The van der Waals surface area contributed by atoms with E-state index in [0.717, 1.165) is 243 Å². The van der Waals surface area contributed by atoms with E-state index in [1.54, 1.807) is 87.0 Å². The molecule has 0 amide bonds. The fourth-order valence-corrected chi connectivity index (χ4v) is 22.4. The summed E-state index contributed by atoms with van der Waals surface area (Å²) in [5, 5.41) is 89.4. The van der Waals surface area contributed by atoms with Gasteiger partial charge < -0.3 is 45.5 Å². The molecule has 0 bridgehead atoms. The number of aryl methyl sites for hydroxylation is 1. The molecule has 25 aromatic rings. The van der Waals surface area contributed by atoms with Crippen LogP contribution in [-0.2, 0) is 9.47 Å². The van der Waals surface area contributed by atoms with Crippen molar-refractivity contribution in [1.82, 2.24) is 111 Å². The first-order valence-electron chi connectivity index (χ1n) is 47.0. The quantitative estimate of drug-likeness (QED) is 0.0284. The lowest BCUT2D eigenvalue weighted by atomic mass is 10.1. The van der Waals surface area contributed by atoms with Crippen LogP contribution in [0.4, 0.5) is 66.3 Å². The maximum Gasteiger partial charge on any atom is 0.157 e. The maximum absolute atomic E-state index is 14.8. The Morgan fingerprint density at radius 1 is 0.304 bits per heavy atom. The first-order chi connectivity index (χ1) is 72.9. The highest BCUT2D eigenvalue weighted by molar-refractivity contribution is 7.11. The van der Waals surface area contributed by atoms with E-state index in [9.17, 15) is 8.78 Å². The number of aromatic amines is 5. The number of pyridine rings is 5. The molecular formula is C108H85Cl2F2N27O4S5. The monoisotopic (exact) mass is 2090 g/mol. The van der Waals surface area contributed by atoms with Crippen LogP contribution in [-0.4, -0.2) is 190 Å². The molecule has 31 nitrogen and oxygen atoms in total. The van der Waals surface area contributed by atoms with E-state index in [1.165, 1.54) is 54.7 Å². The van der Waals surface area contributed by atoms with E-state index in [-0.39, 0.29) is 11.6 Å². The van der Waals surface area contributed by atoms with Crippen molar-refractivity contribution in [3.05, 3.63) is 313 Å². The lowest BCUT2D eigenvalue weighted by molar-refractivity contribution is 0.0322. The number of benzene rings is 10. The summed E-state index contributed by atoms with van der Waals surface area (Å²) in [7, 11) is 0. The molecule has 0 radical (unpaired) electrons. The standard InChI is InChI=1S/C25H23ClN6O2S.C25H23FN6O2S.C20H15N5S.C19H12ClN5S.C19H12FN5S/c2*26-21-5-4-16(34-11-8-32-6-9-33-10-7-32)12-22(21)29-25-20-14-35-13-19(20)17-2-1-3-18(23(17)30-25)24-27-15-28-31-24;1-12-5-2-3-8-17(12)23-20-16-10-26-9-15(16)13-6-4-7-14(18(13)24-20)19-21-11-22-25-19;2*20-15-6-1-2-7-16(15)23-19-14-9-26-8-13(14)11-4-3-5-12(17(11)24-19)18-21-10-22-25-18/h2*1-5,12-15H,6-11H2,(H,29,30)(H,27,28,31);2-11H,1H3,(H,23,24)(H,21,22,25);2*1-10H,(H,23,24)(H,21,22,25). The number of hydrogen-bond acceptors (Lipinski definition) is 31. The molecular weight excluding hydrogens is 2010 g/mol. The molecule has 15 aromatic heterocycles. The van der Waals surface area contributed by atoms with Gasteiger partial charge in [-0.3, -0.25) is 35.3 Å². The topological polar surface area (TPSA) is 376 Å². The molecule has 734 valence electrons. The second-order valence-corrected chi connectivity index (χ2v) is 38.8. The number of thiophene rings is 5. The number of halogens is 4. The molecule has 2 saturated heterocycles. The predicted octanol–water partition coefficient (Wildman–Crippen LogP) is 26.2. The summed E-state index contributed by atoms with van der Waals surface area (Å²) in [6.07, 6.45) is 7.46. The van der Waals surface area contributed by atoms with Gasteiger partial charge in [0.15, 0.2) is 29.1 Å². The van der Waals surface area contributed by atoms with Crippen LogP contribution in [0.2, 0.25) is 10.0 Å². The first kappa shape index (κ1) is 95.2. The van der Waals surface area contributed by atoms with Crippen LogP contribution in [0.25, 0.3) is 165 Å². The van der Waals surface area contributed by atoms with Crippen molar-refractivity contribution in [2.24, 2.45) is 0 Å². The normalized spacial score (nSPS) is 12.8. The lowest BCUT2D eigenvalue weighted by Gasteiger charge is -2.26. The summed E-state index contributed by atoms with van der Waals surface area (Å²) in [6, 6.07) is 63.1. The summed E-state index contributed by atoms with van der Waals surface area (Å²) in [4.78, 5) is 50.7. The minimum absolute atomic E-state index is 0.311. The van der Waals surface area contributed by atoms with Crippen molar-refractivity contribution >= 4 is 246 Å². The predicted molar refractivity (Wildman–Crippen MR) is 591 cm³/mol. The molecule has 0 aliphatic carbocycles. The van der Waals surface area contributed by atoms with Gasteiger partial charge in [0.25, 0.3) is 0 Å². The molecule has 10 N–H and O–H groups in total. The Morgan fingerprint density at radius 2 is 0.595 bits per heavy atom. The van der Waals surface area contributed by atoms with Gasteiger partial charge >= 0.3 is 0 Å². The first-order valence-corrected chi connectivity index (χ1v) is 52.5. The number of rotatable bonds is 23. The summed E-state index contributed by atoms with van der Waals surface area (Å²) in [5.41, 5.74) is 13.1.